The molecule has 0 saturated carbocycles. The summed E-state index contributed by atoms with van der Waals surface area (Å²) in [5.41, 5.74) is 4.50. The number of nitrogens with zero attached hydrogens (tertiary/aromatic N) is 4. The number of hydrogen-bond acceptors (Lipinski definition) is 5. The summed E-state index contributed by atoms with van der Waals surface area (Å²) in [4.78, 5) is 19.3. The number of benzene rings is 1. The molecular formula is C34H46N4O3S. The largest absolute Gasteiger partial charge is 0.492 e. The minimum Gasteiger partial charge on any atom is -0.492 e. The first-order valence-electron chi connectivity index (χ1n) is 15.4. The molecule has 8 heteroatoms. The van der Waals surface area contributed by atoms with Crippen LogP contribution in [0.25, 0.3) is 21.7 Å². The molecule has 3 aromatic heterocycles. The normalized spacial score (nSPS) is 16.9. The second-order valence-electron chi connectivity index (χ2n) is 12.6. The van der Waals surface area contributed by atoms with E-state index in [1.807, 2.05) is 31.9 Å². The second kappa shape index (κ2) is 12.9. The molecule has 0 bridgehead atoms. The zero-order valence-electron chi connectivity index (χ0n) is 26.1. The topological polar surface area (TPSA) is 61.5 Å². The van der Waals surface area contributed by atoms with Crippen LogP contribution in [0, 0.1) is 5.92 Å². The average molecular weight is 591 g/mol. The maximum absolute atomic E-state index is 12.6. The molecule has 4 aromatic rings. The van der Waals surface area contributed by atoms with Crippen molar-refractivity contribution in [2.24, 2.45) is 13.0 Å². The predicted molar refractivity (Wildman–Crippen MR) is 172 cm³/mol. The Labute approximate surface area is 254 Å². The van der Waals surface area contributed by atoms with Crippen molar-refractivity contribution in [2.45, 2.75) is 84.8 Å². The monoisotopic (exact) mass is 590 g/mol. The Hall–Kier alpha value is -3.26. The Morgan fingerprint density at radius 1 is 1.14 bits per heavy atom. The molecule has 226 valence electrons. The lowest BCUT2D eigenvalue weighted by molar-refractivity contribution is 0.0254. The summed E-state index contributed by atoms with van der Waals surface area (Å²) in [6.07, 6.45) is 7.02. The van der Waals surface area contributed by atoms with Gasteiger partial charge in [-0.15, -0.1) is 11.3 Å². The lowest BCUT2D eigenvalue weighted by atomic mass is 9.83. The van der Waals surface area contributed by atoms with Gasteiger partial charge in [0.2, 0.25) is 0 Å². The van der Waals surface area contributed by atoms with Crippen molar-refractivity contribution in [1.29, 1.82) is 0 Å². The first-order chi connectivity index (χ1) is 20.1. The van der Waals surface area contributed by atoms with Gasteiger partial charge in [-0.05, 0) is 93.5 Å². The van der Waals surface area contributed by atoms with Crippen LogP contribution in [0.5, 0.6) is 5.75 Å². The average Bonchev–Trinajstić information content (AvgIpc) is 3.58. The summed E-state index contributed by atoms with van der Waals surface area (Å²) < 4.78 is 17.7. The molecule has 1 fully saturated rings. The lowest BCUT2D eigenvalue weighted by Gasteiger charge is -2.27. The molecule has 1 saturated heterocycles. The lowest BCUT2D eigenvalue weighted by Crippen LogP contribution is -2.37. The van der Waals surface area contributed by atoms with Crippen molar-refractivity contribution in [3.05, 3.63) is 59.2 Å². The molecule has 0 aliphatic carbocycles. The molecule has 7 nitrogen and oxygen atoms in total. The molecule has 1 amide bonds. The second-order valence-corrected chi connectivity index (χ2v) is 13.5. The van der Waals surface area contributed by atoms with Gasteiger partial charge >= 0.3 is 6.09 Å². The van der Waals surface area contributed by atoms with Crippen LogP contribution in [-0.2, 0) is 24.8 Å². The smallest absolute Gasteiger partial charge is 0.410 e. The Morgan fingerprint density at radius 3 is 2.64 bits per heavy atom. The van der Waals surface area contributed by atoms with Crippen molar-refractivity contribution >= 4 is 27.6 Å². The van der Waals surface area contributed by atoms with E-state index in [4.69, 9.17) is 14.5 Å². The summed E-state index contributed by atoms with van der Waals surface area (Å²) in [5, 5.41) is 2.14. The van der Waals surface area contributed by atoms with Crippen molar-refractivity contribution in [3.63, 3.8) is 0 Å². The molecular weight excluding hydrogens is 544 g/mol. The number of carbonyl (C=O) groups excluding carboxylic acids is 1. The third kappa shape index (κ3) is 6.86. The van der Waals surface area contributed by atoms with Gasteiger partial charge < -0.3 is 23.5 Å². The number of rotatable bonds is 9. The van der Waals surface area contributed by atoms with Crippen LogP contribution in [0.1, 0.15) is 77.5 Å². The van der Waals surface area contributed by atoms with Gasteiger partial charge in [0.15, 0.2) is 5.82 Å². The number of ether oxygens (including phenoxy) is 2. The number of thiophene rings is 1. The zero-order chi connectivity index (χ0) is 29.9. The van der Waals surface area contributed by atoms with E-state index in [0.717, 1.165) is 69.0 Å². The number of imidazole rings is 1. The Kier molecular flexibility index (Phi) is 9.31. The summed E-state index contributed by atoms with van der Waals surface area (Å²) in [6.45, 7) is 13.1. The van der Waals surface area contributed by atoms with E-state index in [0.29, 0.717) is 18.4 Å². The number of aryl methyl sites for hydroxylation is 2. The summed E-state index contributed by atoms with van der Waals surface area (Å²) >= 11 is 1.77. The quantitative estimate of drug-likeness (QED) is 0.197. The first-order valence-corrected chi connectivity index (χ1v) is 16.3. The minimum absolute atomic E-state index is 0.189. The predicted octanol–water partition coefficient (Wildman–Crippen LogP) is 8.28. The van der Waals surface area contributed by atoms with Gasteiger partial charge in [-0.25, -0.2) is 9.78 Å². The van der Waals surface area contributed by atoms with Gasteiger partial charge in [0, 0.05) is 32.0 Å². The molecule has 1 aliphatic heterocycles. The highest BCUT2D eigenvalue weighted by Gasteiger charge is 2.28. The number of aromatic nitrogens is 3. The van der Waals surface area contributed by atoms with E-state index in [9.17, 15) is 4.79 Å². The van der Waals surface area contributed by atoms with Crippen molar-refractivity contribution in [3.8, 4) is 17.3 Å². The van der Waals surface area contributed by atoms with Gasteiger partial charge in [0.1, 0.15) is 18.0 Å². The van der Waals surface area contributed by atoms with Gasteiger partial charge in [-0.3, -0.25) is 0 Å². The third-order valence-corrected chi connectivity index (χ3v) is 9.31. The fourth-order valence-corrected chi connectivity index (χ4v) is 6.96. The van der Waals surface area contributed by atoms with E-state index in [2.05, 4.69) is 71.8 Å². The molecule has 0 spiro atoms. The van der Waals surface area contributed by atoms with Gasteiger partial charge in [0.05, 0.1) is 22.5 Å². The van der Waals surface area contributed by atoms with E-state index < -0.39 is 5.60 Å². The van der Waals surface area contributed by atoms with E-state index in [1.54, 1.807) is 11.3 Å². The van der Waals surface area contributed by atoms with E-state index in [1.165, 1.54) is 21.5 Å². The first kappa shape index (κ1) is 30.2. The number of amides is 1. The highest BCUT2D eigenvalue weighted by atomic mass is 32.1. The molecule has 42 heavy (non-hydrogen) atoms. The van der Waals surface area contributed by atoms with Crippen LogP contribution in [0.15, 0.2) is 48.0 Å². The Bertz CT molecular complexity index is 1480. The molecule has 1 aliphatic rings. The summed E-state index contributed by atoms with van der Waals surface area (Å²) in [5.74, 6) is 2.85. The molecule has 4 heterocycles. The molecule has 1 aromatic carbocycles. The summed E-state index contributed by atoms with van der Waals surface area (Å²) in [6, 6.07) is 13.0. The summed E-state index contributed by atoms with van der Waals surface area (Å²) in [7, 11) is 2.12. The number of carbonyl (C=O) groups is 1. The Morgan fingerprint density at radius 2 is 1.93 bits per heavy atom. The number of hydrogen-bond donors (Lipinski definition) is 0. The molecule has 5 rings (SSSR count). The minimum atomic E-state index is -0.461. The van der Waals surface area contributed by atoms with Crippen LogP contribution in [0.3, 0.4) is 0 Å². The van der Waals surface area contributed by atoms with Crippen molar-refractivity contribution in [1.82, 2.24) is 19.0 Å². The van der Waals surface area contributed by atoms with Crippen LogP contribution < -0.4 is 4.74 Å². The van der Waals surface area contributed by atoms with Crippen LogP contribution in [0.4, 0.5) is 4.79 Å². The fraction of sp³-hybridized carbons (Fsp3) is 0.529. The molecule has 0 radical (unpaired) electrons. The Balaban J connectivity index is 1.19. The van der Waals surface area contributed by atoms with Crippen LogP contribution in [-0.4, -0.2) is 50.4 Å². The SMILES string of the molecule is CCCc1cnc(-c2cc3sccc3n2C)n1CCOc1ccc(C(C)C2CCCN(C(=O)OC(C)(C)C)CC2)cc1. The van der Waals surface area contributed by atoms with Gasteiger partial charge in [-0.2, -0.15) is 0 Å². The van der Waals surface area contributed by atoms with Crippen LogP contribution in [0.2, 0.25) is 0 Å². The number of likely N-dealkylation sites (tertiary alicyclic amines) is 1. The number of fused-ring (bicyclic) bond motifs is 1. The highest BCUT2D eigenvalue weighted by molar-refractivity contribution is 7.17. The fourth-order valence-electron chi connectivity index (χ4n) is 6.11. The van der Waals surface area contributed by atoms with Crippen molar-refractivity contribution in [2.75, 3.05) is 19.7 Å². The van der Waals surface area contributed by atoms with Crippen molar-refractivity contribution < 1.29 is 14.3 Å². The molecule has 0 N–H and O–H groups in total. The standard InChI is InChI=1S/C34H46N4O3S/c1-7-9-27-23-35-32(30-22-31-29(36(30)6)16-21-42-31)38(27)19-20-40-28-13-11-26(12-14-28)24(2)25-10-8-17-37(18-15-25)33(39)41-34(3,4)5/h11-14,16,21-25H,7-10,15,17-20H2,1-6H3. The van der Waals surface area contributed by atoms with E-state index in [-0.39, 0.29) is 6.09 Å². The third-order valence-electron chi connectivity index (χ3n) is 8.46. The maximum Gasteiger partial charge on any atom is 0.410 e. The molecule has 2 atom stereocenters. The maximum atomic E-state index is 12.6. The van der Waals surface area contributed by atoms with Gasteiger partial charge in [-0.1, -0.05) is 32.4 Å². The van der Waals surface area contributed by atoms with E-state index >= 15 is 0 Å². The highest BCUT2D eigenvalue weighted by Crippen LogP contribution is 2.34. The molecule has 2 unspecified atom stereocenters. The van der Waals surface area contributed by atoms with Crippen LogP contribution >= 0.6 is 11.3 Å². The zero-order valence-corrected chi connectivity index (χ0v) is 26.9. The van der Waals surface area contributed by atoms with Gasteiger partial charge in [0.25, 0.3) is 0 Å².